The van der Waals surface area contributed by atoms with Crippen molar-refractivity contribution < 1.29 is 4.79 Å². The lowest BCUT2D eigenvalue weighted by atomic mass is 9.85. The van der Waals surface area contributed by atoms with Crippen LogP contribution in [-0.2, 0) is 4.79 Å². The average Bonchev–Trinajstić information content (AvgIpc) is 3.26. The number of aromatic nitrogens is 4. The third-order valence-electron chi connectivity index (χ3n) is 6.25. The zero-order valence-corrected chi connectivity index (χ0v) is 17.7. The molecule has 7 nitrogen and oxygen atoms in total. The van der Waals surface area contributed by atoms with Gasteiger partial charge in [0.25, 0.3) is 0 Å². The minimum atomic E-state index is 0.116. The lowest BCUT2D eigenvalue weighted by Crippen LogP contribution is -2.34. The molecule has 2 aliphatic carbocycles. The minimum Gasteiger partial charge on any atom is -0.359 e. The summed E-state index contributed by atoms with van der Waals surface area (Å²) in [6, 6.07) is 0.751. The maximum absolute atomic E-state index is 11.8. The number of nitrogens with one attached hydrogen (secondary N) is 2. The van der Waals surface area contributed by atoms with E-state index in [-0.39, 0.29) is 17.9 Å². The second-order valence-corrected chi connectivity index (χ2v) is 8.61. The predicted molar refractivity (Wildman–Crippen MR) is 114 cm³/mol. The van der Waals surface area contributed by atoms with Gasteiger partial charge in [-0.3, -0.25) is 9.48 Å². The Balaban J connectivity index is 1.43. The summed E-state index contributed by atoms with van der Waals surface area (Å²) < 4.78 is 2.07. The SMILES string of the molecule is CNC(=O)C1CCC(Nc2ncc(Cl)c(-c3cnn(C4CCCCC4)c3)n2)CC1. The number of rotatable bonds is 5. The standard InChI is InChI=1S/C21H29ClN6O/c1-23-20(29)14-7-9-16(10-8-14)26-21-24-12-18(22)19(27-21)15-11-25-28(13-15)17-5-3-2-4-6-17/h11-14,16-17H,2-10H2,1H3,(H,23,29)(H,24,26,27). The second-order valence-electron chi connectivity index (χ2n) is 8.20. The molecule has 0 saturated heterocycles. The molecular weight excluding hydrogens is 388 g/mol. The van der Waals surface area contributed by atoms with Crippen molar-refractivity contribution in [3.05, 3.63) is 23.6 Å². The molecule has 0 bridgehead atoms. The fourth-order valence-electron chi connectivity index (χ4n) is 4.53. The summed E-state index contributed by atoms with van der Waals surface area (Å²) in [6.45, 7) is 0. The van der Waals surface area contributed by atoms with Crippen molar-refractivity contribution in [2.24, 2.45) is 5.92 Å². The Morgan fingerprint density at radius 1 is 1.10 bits per heavy atom. The van der Waals surface area contributed by atoms with E-state index in [0.29, 0.717) is 22.7 Å². The molecule has 4 rings (SSSR count). The van der Waals surface area contributed by atoms with E-state index in [0.717, 1.165) is 31.2 Å². The van der Waals surface area contributed by atoms with Gasteiger partial charge >= 0.3 is 0 Å². The first-order chi connectivity index (χ1) is 14.1. The van der Waals surface area contributed by atoms with E-state index < -0.39 is 0 Å². The molecule has 0 aromatic carbocycles. The summed E-state index contributed by atoms with van der Waals surface area (Å²) in [4.78, 5) is 20.9. The van der Waals surface area contributed by atoms with Gasteiger partial charge in [0.05, 0.1) is 29.2 Å². The fourth-order valence-corrected chi connectivity index (χ4v) is 4.73. The van der Waals surface area contributed by atoms with Gasteiger partial charge in [-0.2, -0.15) is 5.10 Å². The van der Waals surface area contributed by atoms with Gasteiger partial charge in [0, 0.05) is 30.8 Å². The van der Waals surface area contributed by atoms with E-state index >= 15 is 0 Å². The van der Waals surface area contributed by atoms with Gasteiger partial charge in [0.15, 0.2) is 0 Å². The van der Waals surface area contributed by atoms with Crippen molar-refractivity contribution in [1.29, 1.82) is 0 Å². The van der Waals surface area contributed by atoms with Crippen molar-refractivity contribution in [3.8, 4) is 11.3 Å². The highest BCUT2D eigenvalue weighted by atomic mass is 35.5. The molecule has 0 radical (unpaired) electrons. The molecule has 2 saturated carbocycles. The summed E-state index contributed by atoms with van der Waals surface area (Å²) >= 11 is 6.40. The van der Waals surface area contributed by atoms with Crippen LogP contribution in [0.3, 0.4) is 0 Å². The lowest BCUT2D eigenvalue weighted by Gasteiger charge is -2.28. The van der Waals surface area contributed by atoms with Crippen molar-refractivity contribution in [2.45, 2.75) is 69.9 Å². The fraction of sp³-hybridized carbons (Fsp3) is 0.619. The molecule has 0 aliphatic heterocycles. The summed E-state index contributed by atoms with van der Waals surface area (Å²) in [6.07, 6.45) is 15.4. The monoisotopic (exact) mass is 416 g/mol. The zero-order chi connectivity index (χ0) is 20.2. The third-order valence-corrected chi connectivity index (χ3v) is 6.52. The molecular formula is C21H29ClN6O. The number of hydrogen-bond acceptors (Lipinski definition) is 5. The molecule has 156 valence electrons. The largest absolute Gasteiger partial charge is 0.359 e. The Bertz CT molecular complexity index is 839. The number of anilines is 1. The van der Waals surface area contributed by atoms with Gasteiger partial charge in [-0.15, -0.1) is 0 Å². The van der Waals surface area contributed by atoms with E-state index in [9.17, 15) is 4.79 Å². The van der Waals surface area contributed by atoms with Crippen LogP contribution in [0, 0.1) is 5.92 Å². The van der Waals surface area contributed by atoms with Gasteiger partial charge in [-0.05, 0) is 38.5 Å². The molecule has 1 amide bonds. The molecule has 0 spiro atoms. The molecule has 2 heterocycles. The Kier molecular flexibility index (Phi) is 6.33. The highest BCUT2D eigenvalue weighted by molar-refractivity contribution is 6.32. The number of nitrogens with zero attached hydrogens (tertiary/aromatic N) is 4. The van der Waals surface area contributed by atoms with Gasteiger partial charge in [-0.1, -0.05) is 30.9 Å². The normalized spacial score (nSPS) is 23.0. The van der Waals surface area contributed by atoms with E-state index in [2.05, 4.69) is 36.6 Å². The van der Waals surface area contributed by atoms with Gasteiger partial charge in [0.1, 0.15) is 0 Å². The Morgan fingerprint density at radius 2 is 1.86 bits per heavy atom. The number of carbonyl (C=O) groups excluding carboxylic acids is 1. The van der Waals surface area contributed by atoms with Crippen LogP contribution in [-0.4, -0.2) is 38.7 Å². The summed E-state index contributed by atoms with van der Waals surface area (Å²) in [7, 11) is 1.70. The lowest BCUT2D eigenvalue weighted by molar-refractivity contribution is -0.125. The molecule has 2 fully saturated rings. The first kappa shape index (κ1) is 20.1. The summed E-state index contributed by atoms with van der Waals surface area (Å²) in [5, 5.41) is 11.3. The molecule has 2 aromatic heterocycles. The average molecular weight is 417 g/mol. The van der Waals surface area contributed by atoms with Crippen LogP contribution in [0.15, 0.2) is 18.6 Å². The minimum absolute atomic E-state index is 0.116. The van der Waals surface area contributed by atoms with Gasteiger partial charge in [-0.25, -0.2) is 9.97 Å². The highest BCUT2D eigenvalue weighted by Gasteiger charge is 2.26. The molecule has 0 atom stereocenters. The van der Waals surface area contributed by atoms with E-state index in [1.807, 2.05) is 6.20 Å². The predicted octanol–water partition coefficient (Wildman–Crippen LogP) is 4.22. The molecule has 2 N–H and O–H groups in total. The van der Waals surface area contributed by atoms with Crippen LogP contribution in [0.25, 0.3) is 11.3 Å². The molecule has 8 heteroatoms. The van der Waals surface area contributed by atoms with Crippen LogP contribution in [0.5, 0.6) is 0 Å². The van der Waals surface area contributed by atoms with Crippen LogP contribution in [0.1, 0.15) is 63.8 Å². The highest BCUT2D eigenvalue weighted by Crippen LogP contribution is 2.32. The third kappa shape index (κ3) is 4.71. The van der Waals surface area contributed by atoms with Crippen LogP contribution in [0.4, 0.5) is 5.95 Å². The van der Waals surface area contributed by atoms with Crippen LogP contribution >= 0.6 is 11.6 Å². The Hall–Kier alpha value is -2.15. The number of carbonyl (C=O) groups is 1. The van der Waals surface area contributed by atoms with E-state index in [1.54, 1.807) is 13.2 Å². The maximum Gasteiger partial charge on any atom is 0.223 e. The maximum atomic E-state index is 11.8. The van der Waals surface area contributed by atoms with Crippen molar-refractivity contribution >= 4 is 23.5 Å². The van der Waals surface area contributed by atoms with Crippen LogP contribution in [0.2, 0.25) is 5.02 Å². The quantitative estimate of drug-likeness (QED) is 0.762. The topological polar surface area (TPSA) is 84.7 Å². The zero-order valence-electron chi connectivity index (χ0n) is 16.9. The number of halogens is 1. The Morgan fingerprint density at radius 3 is 2.59 bits per heavy atom. The molecule has 0 unspecified atom stereocenters. The van der Waals surface area contributed by atoms with Gasteiger partial charge in [0.2, 0.25) is 11.9 Å². The van der Waals surface area contributed by atoms with Gasteiger partial charge < -0.3 is 10.6 Å². The van der Waals surface area contributed by atoms with E-state index in [1.165, 1.54) is 32.1 Å². The first-order valence-corrected chi connectivity index (χ1v) is 11.1. The van der Waals surface area contributed by atoms with Crippen molar-refractivity contribution in [3.63, 3.8) is 0 Å². The molecule has 2 aromatic rings. The van der Waals surface area contributed by atoms with Crippen molar-refractivity contribution in [1.82, 2.24) is 25.1 Å². The van der Waals surface area contributed by atoms with E-state index in [4.69, 9.17) is 11.6 Å². The smallest absolute Gasteiger partial charge is 0.223 e. The second kappa shape index (κ2) is 9.11. The Labute approximate surface area is 176 Å². The first-order valence-electron chi connectivity index (χ1n) is 10.7. The number of amides is 1. The number of hydrogen-bond donors (Lipinski definition) is 2. The molecule has 2 aliphatic rings. The molecule has 29 heavy (non-hydrogen) atoms. The summed E-state index contributed by atoms with van der Waals surface area (Å²) in [5.41, 5.74) is 1.64. The summed E-state index contributed by atoms with van der Waals surface area (Å²) in [5.74, 6) is 0.840. The van der Waals surface area contributed by atoms with Crippen LogP contribution < -0.4 is 10.6 Å². The van der Waals surface area contributed by atoms with Crippen molar-refractivity contribution in [2.75, 3.05) is 12.4 Å².